The van der Waals surface area contributed by atoms with Gasteiger partial charge in [-0.05, 0) is 48.1 Å². The van der Waals surface area contributed by atoms with Gasteiger partial charge in [-0.15, -0.1) is 0 Å². The molecule has 0 aliphatic carbocycles. The van der Waals surface area contributed by atoms with Gasteiger partial charge in [0.05, 0.1) is 29.9 Å². The number of aromatic hydroxyl groups is 1. The van der Waals surface area contributed by atoms with E-state index in [0.717, 1.165) is 12.1 Å². The summed E-state index contributed by atoms with van der Waals surface area (Å²) in [6.07, 6.45) is -1.20. The molecular formula is C37H41N5O12. The number of nitrogens with zero attached hydrogens (tertiary/aromatic N) is 1. The first kappa shape index (κ1) is 41.8. The van der Waals surface area contributed by atoms with Crippen molar-refractivity contribution in [2.75, 3.05) is 13.2 Å². The molecule has 0 aliphatic heterocycles. The van der Waals surface area contributed by atoms with E-state index < -0.39 is 101 Å². The largest absolute Gasteiger partial charge is 0.502 e. The van der Waals surface area contributed by atoms with Crippen LogP contribution >= 0.6 is 0 Å². The van der Waals surface area contributed by atoms with Gasteiger partial charge in [0.2, 0.25) is 23.6 Å². The smallest absolute Gasteiger partial charge is 0.339 e. The number of nitro groups is 1. The molecule has 0 unspecified atom stereocenters. The van der Waals surface area contributed by atoms with E-state index in [1.807, 2.05) is 0 Å². The van der Waals surface area contributed by atoms with Gasteiger partial charge in [0.15, 0.2) is 18.1 Å². The van der Waals surface area contributed by atoms with E-state index in [2.05, 4.69) is 21.3 Å². The van der Waals surface area contributed by atoms with Crippen LogP contribution in [0.15, 0.2) is 66.7 Å². The van der Waals surface area contributed by atoms with Gasteiger partial charge in [0, 0.05) is 6.07 Å². The topological polar surface area (TPSA) is 260 Å². The number of benzene rings is 3. The molecule has 54 heavy (non-hydrogen) atoms. The zero-order valence-corrected chi connectivity index (χ0v) is 29.9. The number of ketones is 1. The van der Waals surface area contributed by atoms with Crippen LogP contribution in [0.2, 0.25) is 0 Å². The summed E-state index contributed by atoms with van der Waals surface area (Å²) >= 11 is 0. The van der Waals surface area contributed by atoms with Crippen LogP contribution in [0.5, 0.6) is 5.75 Å². The molecule has 3 aromatic carbocycles. The van der Waals surface area contributed by atoms with Gasteiger partial charge >= 0.3 is 17.6 Å². The van der Waals surface area contributed by atoms with E-state index in [1.165, 1.54) is 18.2 Å². The van der Waals surface area contributed by atoms with Crippen molar-refractivity contribution in [3.05, 3.63) is 105 Å². The van der Waals surface area contributed by atoms with Crippen molar-refractivity contribution in [1.82, 2.24) is 21.3 Å². The molecule has 3 atom stereocenters. The number of carbonyl (C=O) groups excluding carboxylic acids is 6. The van der Waals surface area contributed by atoms with Gasteiger partial charge < -0.3 is 36.2 Å². The second kappa shape index (κ2) is 19.3. The average Bonchev–Trinajstić information content (AvgIpc) is 3.11. The van der Waals surface area contributed by atoms with Crippen molar-refractivity contribution in [2.24, 2.45) is 5.92 Å². The second-order valence-electron chi connectivity index (χ2n) is 12.6. The number of esters is 1. The number of ether oxygens (including phenoxy) is 1. The number of carboxylic acid groups (broad SMARTS) is 1. The molecule has 3 rings (SSSR count). The normalized spacial score (nSPS) is 12.4. The molecule has 0 aromatic heterocycles. The number of phenolic OH excluding ortho intramolecular Hbond substituents is 1. The molecule has 286 valence electrons. The number of aliphatic carboxylic acids is 1. The van der Waals surface area contributed by atoms with Gasteiger partial charge in [-0.3, -0.25) is 38.9 Å². The second-order valence-corrected chi connectivity index (χ2v) is 12.6. The lowest BCUT2D eigenvalue weighted by Gasteiger charge is -2.27. The Balaban J connectivity index is 1.69. The lowest BCUT2D eigenvalue weighted by Crippen LogP contribution is -2.56. The Morgan fingerprint density at radius 1 is 0.833 bits per heavy atom. The Kier molecular flexibility index (Phi) is 14.9. The predicted octanol–water partition coefficient (Wildman–Crippen LogP) is 1.96. The van der Waals surface area contributed by atoms with Gasteiger partial charge in [-0.1, -0.05) is 68.4 Å². The third-order valence-electron chi connectivity index (χ3n) is 8.11. The molecule has 3 aromatic rings. The molecule has 0 fully saturated rings. The van der Waals surface area contributed by atoms with Gasteiger partial charge in [-0.25, -0.2) is 4.79 Å². The summed E-state index contributed by atoms with van der Waals surface area (Å²) in [5, 5.41) is 39.9. The predicted molar refractivity (Wildman–Crippen MR) is 191 cm³/mol. The Labute approximate surface area is 309 Å². The number of rotatable bonds is 18. The maximum atomic E-state index is 13.7. The fourth-order valence-corrected chi connectivity index (χ4v) is 5.31. The van der Waals surface area contributed by atoms with E-state index in [4.69, 9.17) is 4.74 Å². The van der Waals surface area contributed by atoms with E-state index >= 15 is 0 Å². The third-order valence-corrected chi connectivity index (χ3v) is 8.11. The third kappa shape index (κ3) is 12.0. The fraction of sp³-hybridized carbons (Fsp3) is 0.324. The molecule has 6 N–H and O–H groups in total. The standard InChI is InChI=1S/C37H41N5O12/c1-20(2)33(35(49)39-25(17-31(47)48)28(44)19-54-37(51)32-21(3)9-8-10-22(32)4)41-36(50)34(24-11-6-5-7-12-24)40-30(46)18-38-29(45)16-23-13-14-27(43)26(15-23)42(52)53/h5-15,20,25,33-34,43H,16-19H2,1-4H3,(H,38,45)(H,39,49)(H,40,46)(H,41,50)(H,47,48)/t25-,33-,34-/m0/s1. The number of nitrogens with one attached hydrogen (secondary N) is 4. The number of phenols is 1. The molecule has 0 saturated carbocycles. The molecule has 0 spiro atoms. The Morgan fingerprint density at radius 2 is 1.48 bits per heavy atom. The number of hydrogen-bond acceptors (Lipinski definition) is 11. The van der Waals surface area contributed by atoms with E-state index in [0.29, 0.717) is 16.7 Å². The number of carboxylic acids is 1. The number of hydrogen-bond donors (Lipinski definition) is 6. The van der Waals surface area contributed by atoms with E-state index in [9.17, 15) is 53.9 Å². The quantitative estimate of drug-likeness (QED) is 0.0620. The molecule has 17 heteroatoms. The van der Waals surface area contributed by atoms with Gasteiger partial charge in [0.25, 0.3) is 0 Å². The van der Waals surface area contributed by atoms with Crippen LogP contribution in [0.3, 0.4) is 0 Å². The first-order valence-corrected chi connectivity index (χ1v) is 16.6. The van der Waals surface area contributed by atoms with Crippen LogP contribution in [-0.4, -0.2) is 81.7 Å². The molecule has 0 saturated heterocycles. The molecule has 0 heterocycles. The molecule has 0 radical (unpaired) electrons. The summed E-state index contributed by atoms with van der Waals surface area (Å²) in [6, 6.07) is 12.1. The zero-order chi connectivity index (χ0) is 40.1. The summed E-state index contributed by atoms with van der Waals surface area (Å²) in [7, 11) is 0. The molecule has 4 amide bonds. The van der Waals surface area contributed by atoms with Crippen molar-refractivity contribution in [3.63, 3.8) is 0 Å². The van der Waals surface area contributed by atoms with Gasteiger partial charge in [0.1, 0.15) is 18.1 Å². The van der Waals surface area contributed by atoms with Crippen molar-refractivity contribution >= 4 is 47.0 Å². The number of nitro benzene ring substituents is 1. The van der Waals surface area contributed by atoms with Crippen LogP contribution in [0.4, 0.5) is 5.69 Å². The van der Waals surface area contributed by atoms with Crippen LogP contribution < -0.4 is 21.3 Å². The van der Waals surface area contributed by atoms with Crippen LogP contribution in [0.25, 0.3) is 0 Å². The lowest BCUT2D eigenvalue weighted by atomic mass is 10.00. The maximum Gasteiger partial charge on any atom is 0.339 e. The maximum absolute atomic E-state index is 13.7. The first-order valence-electron chi connectivity index (χ1n) is 16.6. The van der Waals surface area contributed by atoms with Crippen molar-refractivity contribution in [3.8, 4) is 5.75 Å². The number of Topliss-reactive ketones (excluding diaryl/α,β-unsaturated/α-hetero) is 1. The minimum Gasteiger partial charge on any atom is -0.502 e. The zero-order valence-electron chi connectivity index (χ0n) is 29.9. The summed E-state index contributed by atoms with van der Waals surface area (Å²) < 4.78 is 5.16. The number of aryl methyl sites for hydroxylation is 2. The van der Waals surface area contributed by atoms with Gasteiger partial charge in [-0.2, -0.15) is 0 Å². The molecule has 0 bridgehead atoms. The highest BCUT2D eigenvalue weighted by molar-refractivity contribution is 5.99. The Bertz CT molecular complexity index is 1890. The number of amides is 4. The van der Waals surface area contributed by atoms with Crippen LogP contribution in [0, 0.1) is 29.9 Å². The van der Waals surface area contributed by atoms with Crippen molar-refractivity contribution < 1.29 is 53.4 Å². The average molecular weight is 748 g/mol. The lowest BCUT2D eigenvalue weighted by molar-refractivity contribution is -0.385. The highest BCUT2D eigenvalue weighted by Crippen LogP contribution is 2.26. The SMILES string of the molecule is Cc1cccc(C)c1C(=O)OCC(=O)[C@H](CC(=O)O)NC(=O)[C@@H](NC(=O)[C@@H](NC(=O)CNC(=O)Cc1ccc(O)c([N+](=O)[O-])c1)c1ccccc1)C(C)C. The molecule has 17 nitrogen and oxygen atoms in total. The highest BCUT2D eigenvalue weighted by atomic mass is 16.6. The van der Waals surface area contributed by atoms with Crippen LogP contribution in [-0.2, 0) is 39.9 Å². The summed E-state index contributed by atoms with van der Waals surface area (Å²) in [4.78, 5) is 100. The minimum absolute atomic E-state index is 0.197. The van der Waals surface area contributed by atoms with Crippen LogP contribution in [0.1, 0.15) is 58.9 Å². The van der Waals surface area contributed by atoms with E-state index in [-0.39, 0.29) is 17.5 Å². The fourth-order valence-electron chi connectivity index (χ4n) is 5.31. The summed E-state index contributed by atoms with van der Waals surface area (Å²) in [6.45, 7) is 5.10. The minimum atomic E-state index is -1.63. The van der Waals surface area contributed by atoms with E-state index in [1.54, 1.807) is 64.1 Å². The molecular weight excluding hydrogens is 706 g/mol. The van der Waals surface area contributed by atoms with Crippen molar-refractivity contribution in [1.29, 1.82) is 0 Å². The Morgan fingerprint density at radius 3 is 2.07 bits per heavy atom. The summed E-state index contributed by atoms with van der Waals surface area (Å²) in [5.41, 5.74) is 1.36. The summed E-state index contributed by atoms with van der Waals surface area (Å²) in [5.74, 6) is -7.59. The molecule has 0 aliphatic rings. The first-order chi connectivity index (χ1) is 25.5. The highest BCUT2D eigenvalue weighted by Gasteiger charge is 2.33. The monoisotopic (exact) mass is 747 g/mol. The number of carbonyl (C=O) groups is 7. The Hall–Kier alpha value is -6.65. The van der Waals surface area contributed by atoms with Crippen molar-refractivity contribution in [2.45, 2.75) is 58.7 Å².